The lowest BCUT2D eigenvalue weighted by Crippen LogP contribution is -2.11. The number of benzene rings is 1. The zero-order valence-corrected chi connectivity index (χ0v) is 12.4. The molecule has 0 aliphatic rings. The minimum atomic E-state index is -1.14. The zero-order chi connectivity index (χ0) is 16.5. The Morgan fingerprint density at radius 3 is 2.88 bits per heavy atom. The summed E-state index contributed by atoms with van der Waals surface area (Å²) < 4.78 is 15.1. The Morgan fingerprint density at radius 1 is 1.17 bits per heavy atom. The number of fused-ring (bicyclic) bond motifs is 1. The molecule has 0 saturated heterocycles. The number of nitrogens with one attached hydrogen (secondary N) is 2. The summed E-state index contributed by atoms with van der Waals surface area (Å²) in [5, 5.41) is 20.2. The molecule has 0 fully saturated rings. The van der Waals surface area contributed by atoms with Crippen molar-refractivity contribution in [1.29, 1.82) is 0 Å². The lowest BCUT2D eigenvalue weighted by Gasteiger charge is -2.13. The van der Waals surface area contributed by atoms with Crippen LogP contribution in [0.1, 0.15) is 17.5 Å². The summed E-state index contributed by atoms with van der Waals surface area (Å²) in [5.74, 6) is 0.856. The van der Waals surface area contributed by atoms with Crippen LogP contribution in [0.25, 0.3) is 5.65 Å². The molecule has 4 aromatic rings. The van der Waals surface area contributed by atoms with Gasteiger partial charge in [0.25, 0.3) is 0 Å². The fraction of sp³-hybridized carbons (Fsp3) is 0.0625. The van der Waals surface area contributed by atoms with Gasteiger partial charge in [-0.1, -0.05) is 12.1 Å². The molecule has 0 saturated carbocycles. The van der Waals surface area contributed by atoms with Gasteiger partial charge in [-0.2, -0.15) is 10.1 Å². The number of hydrogen-bond acceptors (Lipinski definition) is 5. The fourth-order valence-electron chi connectivity index (χ4n) is 2.43. The van der Waals surface area contributed by atoms with Crippen molar-refractivity contribution in [1.82, 2.24) is 24.6 Å². The van der Waals surface area contributed by atoms with Crippen LogP contribution in [0, 0.1) is 5.82 Å². The molecule has 3 N–H and O–H groups in total. The molecule has 1 aromatic carbocycles. The van der Waals surface area contributed by atoms with Crippen molar-refractivity contribution in [2.24, 2.45) is 0 Å². The molecule has 1 unspecified atom stereocenters. The lowest BCUT2D eigenvalue weighted by molar-refractivity contribution is 0.209. The maximum Gasteiger partial charge on any atom is 0.216 e. The maximum absolute atomic E-state index is 13.4. The second kappa shape index (κ2) is 5.74. The number of H-pyrrole nitrogens is 1. The lowest BCUT2D eigenvalue weighted by atomic mass is 10.1. The number of aromatic nitrogens is 5. The van der Waals surface area contributed by atoms with E-state index in [9.17, 15) is 9.50 Å². The van der Waals surface area contributed by atoms with Crippen LogP contribution in [-0.2, 0) is 0 Å². The van der Waals surface area contributed by atoms with E-state index in [2.05, 4.69) is 25.5 Å². The summed E-state index contributed by atoms with van der Waals surface area (Å²) in [6, 6.07) is 11.1. The molecule has 8 heteroatoms. The number of aliphatic hydroxyl groups excluding tert-OH is 1. The number of nitrogens with zero attached hydrogens (tertiary/aromatic N) is 4. The van der Waals surface area contributed by atoms with Crippen molar-refractivity contribution in [3.8, 4) is 0 Å². The van der Waals surface area contributed by atoms with Gasteiger partial charge in [0.05, 0.1) is 6.20 Å². The van der Waals surface area contributed by atoms with Crippen LogP contribution >= 0.6 is 0 Å². The van der Waals surface area contributed by atoms with Gasteiger partial charge in [-0.15, -0.1) is 0 Å². The molecule has 4 rings (SSSR count). The van der Waals surface area contributed by atoms with Crippen molar-refractivity contribution >= 4 is 17.4 Å². The van der Waals surface area contributed by atoms with Crippen LogP contribution in [-0.4, -0.2) is 29.7 Å². The summed E-state index contributed by atoms with van der Waals surface area (Å²) in [7, 11) is 0. The molecule has 1 atom stereocenters. The normalized spacial score (nSPS) is 12.4. The Balaban J connectivity index is 1.78. The largest absolute Gasteiger partial charge is 0.380 e. The molecule has 120 valence electrons. The van der Waals surface area contributed by atoms with Crippen LogP contribution in [0.15, 0.2) is 54.9 Å². The minimum Gasteiger partial charge on any atom is -0.380 e. The molecule has 3 aromatic heterocycles. The highest BCUT2D eigenvalue weighted by molar-refractivity contribution is 5.53. The van der Waals surface area contributed by atoms with Gasteiger partial charge < -0.3 is 10.4 Å². The van der Waals surface area contributed by atoms with E-state index in [0.717, 1.165) is 0 Å². The van der Waals surface area contributed by atoms with E-state index in [1.165, 1.54) is 18.2 Å². The predicted molar refractivity (Wildman–Crippen MR) is 85.3 cm³/mol. The monoisotopic (exact) mass is 324 g/mol. The number of rotatable bonds is 4. The summed E-state index contributed by atoms with van der Waals surface area (Å²) in [4.78, 5) is 8.72. The van der Waals surface area contributed by atoms with Crippen molar-refractivity contribution in [3.63, 3.8) is 0 Å². The number of hydrogen-bond donors (Lipinski definition) is 3. The van der Waals surface area contributed by atoms with Crippen LogP contribution in [0.4, 0.5) is 16.2 Å². The topological polar surface area (TPSA) is 91.1 Å². The summed E-state index contributed by atoms with van der Waals surface area (Å²) >= 11 is 0. The van der Waals surface area contributed by atoms with E-state index in [1.54, 1.807) is 35.0 Å². The van der Waals surface area contributed by atoms with Crippen LogP contribution in [0.2, 0.25) is 0 Å². The quantitative estimate of drug-likeness (QED) is 0.536. The molecular formula is C16H13FN6O. The van der Waals surface area contributed by atoms with Crippen molar-refractivity contribution < 1.29 is 9.50 Å². The van der Waals surface area contributed by atoms with Gasteiger partial charge in [0.15, 0.2) is 5.82 Å². The molecule has 24 heavy (non-hydrogen) atoms. The predicted octanol–water partition coefficient (Wildman–Crippen LogP) is 2.42. The second-order valence-corrected chi connectivity index (χ2v) is 5.19. The second-order valence-electron chi connectivity index (χ2n) is 5.19. The molecule has 0 amide bonds. The zero-order valence-electron chi connectivity index (χ0n) is 12.4. The highest BCUT2D eigenvalue weighted by Gasteiger charge is 2.17. The summed E-state index contributed by atoms with van der Waals surface area (Å²) in [5.41, 5.74) is 0.996. The van der Waals surface area contributed by atoms with E-state index in [1.807, 2.05) is 6.07 Å². The first-order valence-electron chi connectivity index (χ1n) is 7.25. The van der Waals surface area contributed by atoms with Crippen molar-refractivity contribution in [2.45, 2.75) is 6.10 Å². The number of halogens is 1. The molecule has 0 bridgehead atoms. The standard InChI is InChI=1S/C16H13FN6O/c17-11-4-1-3-10(9-11)14(24)15-20-13-5-2-8-23(13)16(21-15)19-12-6-7-18-22-12/h1-9,14,24H,(H2,18,19,20,21,22). The Labute approximate surface area is 135 Å². The molecule has 7 nitrogen and oxygen atoms in total. The Morgan fingerprint density at radius 2 is 2.08 bits per heavy atom. The van der Waals surface area contributed by atoms with Crippen LogP contribution < -0.4 is 5.32 Å². The van der Waals surface area contributed by atoms with Gasteiger partial charge in [0, 0.05) is 12.3 Å². The number of aliphatic hydroxyl groups is 1. The van der Waals surface area contributed by atoms with Gasteiger partial charge in [0.1, 0.15) is 23.4 Å². The third-order valence-corrected chi connectivity index (χ3v) is 3.56. The Hall–Kier alpha value is -3.26. The first-order chi connectivity index (χ1) is 11.7. The third kappa shape index (κ3) is 2.59. The van der Waals surface area contributed by atoms with Gasteiger partial charge in [-0.3, -0.25) is 9.50 Å². The number of anilines is 2. The van der Waals surface area contributed by atoms with E-state index in [0.29, 0.717) is 23.0 Å². The Bertz CT molecular complexity index is 981. The van der Waals surface area contributed by atoms with Gasteiger partial charge >= 0.3 is 0 Å². The van der Waals surface area contributed by atoms with Crippen LogP contribution in [0.3, 0.4) is 0 Å². The number of aromatic amines is 1. The molecule has 0 aliphatic heterocycles. The highest BCUT2D eigenvalue weighted by atomic mass is 19.1. The van der Waals surface area contributed by atoms with E-state index in [-0.39, 0.29) is 5.82 Å². The summed E-state index contributed by atoms with van der Waals surface area (Å²) in [6.07, 6.45) is 2.27. The minimum absolute atomic E-state index is 0.175. The molecule has 0 radical (unpaired) electrons. The highest BCUT2D eigenvalue weighted by Crippen LogP contribution is 2.23. The fourth-order valence-corrected chi connectivity index (χ4v) is 2.43. The summed E-state index contributed by atoms with van der Waals surface area (Å²) in [6.45, 7) is 0. The molecular weight excluding hydrogens is 311 g/mol. The van der Waals surface area contributed by atoms with Crippen molar-refractivity contribution in [3.05, 3.63) is 72.1 Å². The smallest absolute Gasteiger partial charge is 0.216 e. The van der Waals surface area contributed by atoms with E-state index in [4.69, 9.17) is 0 Å². The first kappa shape index (κ1) is 14.3. The van der Waals surface area contributed by atoms with Gasteiger partial charge in [0.2, 0.25) is 5.95 Å². The first-order valence-corrected chi connectivity index (χ1v) is 7.25. The third-order valence-electron chi connectivity index (χ3n) is 3.56. The van der Waals surface area contributed by atoms with Gasteiger partial charge in [-0.05, 0) is 29.8 Å². The molecule has 0 spiro atoms. The average Bonchev–Trinajstić information content (AvgIpc) is 3.25. The maximum atomic E-state index is 13.4. The molecule has 3 heterocycles. The van der Waals surface area contributed by atoms with E-state index < -0.39 is 11.9 Å². The molecule has 0 aliphatic carbocycles. The average molecular weight is 324 g/mol. The van der Waals surface area contributed by atoms with E-state index >= 15 is 0 Å². The Kier molecular flexibility index (Phi) is 3.43. The van der Waals surface area contributed by atoms with Gasteiger partial charge in [-0.25, -0.2) is 9.37 Å². The van der Waals surface area contributed by atoms with Crippen LogP contribution in [0.5, 0.6) is 0 Å². The van der Waals surface area contributed by atoms with Crippen molar-refractivity contribution in [2.75, 3.05) is 5.32 Å². The SMILES string of the molecule is OC(c1cccc(F)c1)c1nc(Nc2ccn[nH]2)n2cccc2n1.